The van der Waals surface area contributed by atoms with Crippen LogP contribution in [0, 0.1) is 0 Å². The summed E-state index contributed by atoms with van der Waals surface area (Å²) in [5, 5.41) is 18.6. The normalized spacial score (nSPS) is 12.3. The number of Topliss-reactive ketones (excluding diaryl/α,β-unsaturated/α-hetero) is 1. The van der Waals surface area contributed by atoms with Crippen LogP contribution in [0.1, 0.15) is 22.0 Å². The van der Waals surface area contributed by atoms with Crippen LogP contribution in [-0.2, 0) is 0 Å². The van der Waals surface area contributed by atoms with Crippen molar-refractivity contribution in [3.8, 4) is 0 Å². The fourth-order valence-corrected chi connectivity index (χ4v) is 2.55. The fourth-order valence-electron chi connectivity index (χ4n) is 2.55. The monoisotopic (exact) mass is 299 g/mol. The number of hydrogen-bond donors (Lipinski definition) is 2. The van der Waals surface area contributed by atoms with Crippen LogP contribution in [-0.4, -0.2) is 47.2 Å². The zero-order chi connectivity index (χ0) is 15.8. The Balaban J connectivity index is 2.38. The molecule has 0 radical (unpaired) electrons. The zero-order valence-corrected chi connectivity index (χ0v) is 12.4. The van der Waals surface area contributed by atoms with Gasteiger partial charge in [0.15, 0.2) is 5.78 Å². The molecule has 2 aromatic carbocycles. The van der Waals surface area contributed by atoms with Crippen LogP contribution < -0.4 is 0 Å². The molecule has 0 aliphatic carbocycles. The number of aliphatic hydroxyl groups is 2. The first-order valence-electron chi connectivity index (χ1n) is 7.38. The SMILES string of the molecule is O=C(c1ccccc1)C(c1ccccc1)N(CCO)CCO. The van der Waals surface area contributed by atoms with Crippen molar-refractivity contribution in [1.82, 2.24) is 4.90 Å². The molecular formula is C18H21NO3. The van der Waals surface area contributed by atoms with Crippen LogP contribution in [0.5, 0.6) is 0 Å². The van der Waals surface area contributed by atoms with E-state index in [1.807, 2.05) is 53.4 Å². The number of nitrogens with zero attached hydrogens (tertiary/aromatic N) is 1. The molecule has 0 aliphatic rings. The molecule has 0 saturated carbocycles. The molecule has 0 saturated heterocycles. The summed E-state index contributed by atoms with van der Waals surface area (Å²) in [6.07, 6.45) is 0. The highest BCUT2D eigenvalue weighted by atomic mass is 16.3. The highest BCUT2D eigenvalue weighted by molar-refractivity contribution is 6.00. The lowest BCUT2D eigenvalue weighted by Gasteiger charge is -2.30. The Kier molecular flexibility index (Phi) is 6.27. The van der Waals surface area contributed by atoms with Gasteiger partial charge in [0.25, 0.3) is 0 Å². The lowest BCUT2D eigenvalue weighted by molar-refractivity contribution is 0.0739. The van der Waals surface area contributed by atoms with E-state index in [0.29, 0.717) is 18.7 Å². The van der Waals surface area contributed by atoms with E-state index in [1.54, 1.807) is 12.1 Å². The topological polar surface area (TPSA) is 60.8 Å². The third-order valence-corrected chi connectivity index (χ3v) is 3.56. The van der Waals surface area contributed by atoms with Crippen LogP contribution in [0.2, 0.25) is 0 Å². The van der Waals surface area contributed by atoms with Gasteiger partial charge in [0.1, 0.15) is 0 Å². The highest BCUT2D eigenvalue weighted by Crippen LogP contribution is 2.25. The van der Waals surface area contributed by atoms with Gasteiger partial charge in [-0.3, -0.25) is 9.69 Å². The largest absolute Gasteiger partial charge is 0.395 e. The molecule has 2 aromatic rings. The number of carbonyl (C=O) groups is 1. The van der Waals surface area contributed by atoms with Crippen molar-refractivity contribution in [3.63, 3.8) is 0 Å². The van der Waals surface area contributed by atoms with Crippen molar-refractivity contribution in [1.29, 1.82) is 0 Å². The van der Waals surface area contributed by atoms with E-state index in [-0.39, 0.29) is 19.0 Å². The third kappa shape index (κ3) is 4.01. The molecule has 2 rings (SSSR count). The van der Waals surface area contributed by atoms with Gasteiger partial charge in [-0.2, -0.15) is 0 Å². The van der Waals surface area contributed by atoms with Gasteiger partial charge in [-0.15, -0.1) is 0 Å². The number of carbonyl (C=O) groups excluding carboxylic acids is 1. The first-order chi connectivity index (χ1) is 10.8. The van der Waals surface area contributed by atoms with Crippen molar-refractivity contribution in [2.45, 2.75) is 6.04 Å². The van der Waals surface area contributed by atoms with Crippen molar-refractivity contribution < 1.29 is 15.0 Å². The van der Waals surface area contributed by atoms with E-state index in [4.69, 9.17) is 0 Å². The van der Waals surface area contributed by atoms with Crippen molar-refractivity contribution in [3.05, 3.63) is 71.8 Å². The molecule has 0 amide bonds. The molecule has 0 aliphatic heterocycles. The molecule has 0 spiro atoms. The predicted octanol–water partition coefficient (Wildman–Crippen LogP) is 1.90. The van der Waals surface area contributed by atoms with Gasteiger partial charge in [-0.05, 0) is 5.56 Å². The average Bonchev–Trinajstić information content (AvgIpc) is 2.57. The highest BCUT2D eigenvalue weighted by Gasteiger charge is 2.27. The fraction of sp³-hybridized carbons (Fsp3) is 0.278. The van der Waals surface area contributed by atoms with E-state index in [2.05, 4.69) is 0 Å². The van der Waals surface area contributed by atoms with Gasteiger partial charge in [-0.1, -0.05) is 60.7 Å². The number of aliphatic hydroxyl groups excluding tert-OH is 2. The van der Waals surface area contributed by atoms with Crippen LogP contribution in [0.15, 0.2) is 60.7 Å². The number of ketones is 1. The summed E-state index contributed by atoms with van der Waals surface area (Å²) in [6.45, 7) is 0.536. The summed E-state index contributed by atoms with van der Waals surface area (Å²) in [5.74, 6) is -0.0336. The van der Waals surface area contributed by atoms with Crippen LogP contribution in [0.25, 0.3) is 0 Å². The molecule has 1 atom stereocenters. The Morgan fingerprint density at radius 2 is 1.36 bits per heavy atom. The standard InChI is InChI=1S/C18H21NO3/c20-13-11-19(12-14-21)17(15-7-3-1-4-8-15)18(22)16-9-5-2-6-10-16/h1-10,17,20-21H,11-14H2. The van der Waals surface area contributed by atoms with Gasteiger partial charge in [0, 0.05) is 18.7 Å². The van der Waals surface area contributed by atoms with E-state index < -0.39 is 6.04 Å². The Hall–Kier alpha value is -2.01. The molecule has 4 heteroatoms. The van der Waals surface area contributed by atoms with E-state index in [9.17, 15) is 15.0 Å². The number of rotatable bonds is 8. The van der Waals surface area contributed by atoms with E-state index >= 15 is 0 Å². The minimum absolute atomic E-state index is 0.0336. The van der Waals surface area contributed by atoms with Gasteiger partial charge < -0.3 is 10.2 Å². The van der Waals surface area contributed by atoms with Crippen molar-refractivity contribution in [2.75, 3.05) is 26.3 Å². The Bertz CT molecular complexity index is 565. The van der Waals surface area contributed by atoms with Crippen LogP contribution in [0.4, 0.5) is 0 Å². The maximum absolute atomic E-state index is 12.9. The predicted molar refractivity (Wildman–Crippen MR) is 85.7 cm³/mol. The minimum Gasteiger partial charge on any atom is -0.395 e. The molecule has 22 heavy (non-hydrogen) atoms. The molecule has 0 heterocycles. The molecular weight excluding hydrogens is 278 g/mol. The lowest BCUT2D eigenvalue weighted by Crippen LogP contribution is -2.38. The number of benzene rings is 2. The van der Waals surface area contributed by atoms with Gasteiger partial charge in [0.05, 0.1) is 19.3 Å². The lowest BCUT2D eigenvalue weighted by atomic mass is 9.96. The molecule has 2 N–H and O–H groups in total. The Labute approximate surface area is 130 Å². The Morgan fingerprint density at radius 3 is 1.86 bits per heavy atom. The molecule has 116 valence electrons. The smallest absolute Gasteiger partial charge is 0.184 e. The van der Waals surface area contributed by atoms with Crippen LogP contribution >= 0.6 is 0 Å². The summed E-state index contributed by atoms with van der Waals surface area (Å²) in [7, 11) is 0. The molecule has 4 nitrogen and oxygen atoms in total. The Morgan fingerprint density at radius 1 is 0.864 bits per heavy atom. The quantitative estimate of drug-likeness (QED) is 0.731. The number of hydrogen-bond acceptors (Lipinski definition) is 4. The van der Waals surface area contributed by atoms with Gasteiger partial charge in [-0.25, -0.2) is 0 Å². The first kappa shape index (κ1) is 16.4. The summed E-state index contributed by atoms with van der Waals surface area (Å²) in [4.78, 5) is 14.7. The first-order valence-corrected chi connectivity index (χ1v) is 7.38. The van der Waals surface area contributed by atoms with Crippen molar-refractivity contribution >= 4 is 5.78 Å². The summed E-state index contributed by atoms with van der Waals surface area (Å²) >= 11 is 0. The maximum Gasteiger partial charge on any atom is 0.184 e. The van der Waals surface area contributed by atoms with Gasteiger partial charge in [0.2, 0.25) is 0 Å². The molecule has 0 bridgehead atoms. The summed E-state index contributed by atoms with van der Waals surface area (Å²) in [6, 6.07) is 18.1. The maximum atomic E-state index is 12.9. The summed E-state index contributed by atoms with van der Waals surface area (Å²) < 4.78 is 0. The van der Waals surface area contributed by atoms with Crippen LogP contribution in [0.3, 0.4) is 0 Å². The second-order valence-electron chi connectivity index (χ2n) is 5.03. The second-order valence-corrected chi connectivity index (χ2v) is 5.03. The zero-order valence-electron chi connectivity index (χ0n) is 12.4. The third-order valence-electron chi connectivity index (χ3n) is 3.56. The van der Waals surface area contributed by atoms with Crippen molar-refractivity contribution in [2.24, 2.45) is 0 Å². The average molecular weight is 299 g/mol. The van der Waals surface area contributed by atoms with E-state index in [1.165, 1.54) is 0 Å². The molecule has 0 aromatic heterocycles. The molecule has 0 fully saturated rings. The minimum atomic E-state index is -0.511. The summed E-state index contributed by atoms with van der Waals surface area (Å²) in [5.41, 5.74) is 1.48. The van der Waals surface area contributed by atoms with Gasteiger partial charge >= 0.3 is 0 Å². The second kappa shape index (κ2) is 8.44. The molecule has 1 unspecified atom stereocenters. The van der Waals surface area contributed by atoms with E-state index in [0.717, 1.165) is 5.56 Å².